The van der Waals surface area contributed by atoms with Crippen molar-refractivity contribution < 1.29 is 14.3 Å². The maximum absolute atomic E-state index is 12.6. The molecule has 1 aliphatic carbocycles. The number of hydrogen-bond acceptors (Lipinski definition) is 5. The first kappa shape index (κ1) is 14.0. The standard InChI is InChI=1S/C13H18N2O3S/c1-8-11(19-7-14-8)12(16)15(10-5-4-6-10)9(2)13(17)18-3/h7,9-10H,4-6H2,1-3H3/t9-/m0/s1. The number of rotatable bonds is 4. The van der Waals surface area contributed by atoms with Crippen LogP contribution in [0.15, 0.2) is 5.51 Å². The molecule has 1 aromatic heterocycles. The lowest BCUT2D eigenvalue weighted by molar-refractivity contribution is -0.146. The third-order valence-electron chi connectivity index (χ3n) is 3.60. The monoisotopic (exact) mass is 282 g/mol. The molecule has 1 aliphatic rings. The average molecular weight is 282 g/mol. The minimum Gasteiger partial charge on any atom is -0.467 e. The van der Waals surface area contributed by atoms with E-state index in [0.29, 0.717) is 4.88 Å². The van der Waals surface area contributed by atoms with Gasteiger partial charge in [-0.25, -0.2) is 9.78 Å². The number of carbonyl (C=O) groups is 2. The van der Waals surface area contributed by atoms with Gasteiger partial charge in [0.25, 0.3) is 5.91 Å². The lowest BCUT2D eigenvalue weighted by atomic mass is 9.90. The molecule has 1 amide bonds. The number of carbonyl (C=O) groups excluding carboxylic acids is 2. The molecule has 0 radical (unpaired) electrons. The summed E-state index contributed by atoms with van der Waals surface area (Å²) >= 11 is 1.32. The molecule has 2 rings (SSSR count). The molecular formula is C13H18N2O3S. The predicted molar refractivity (Wildman–Crippen MR) is 72.1 cm³/mol. The van der Waals surface area contributed by atoms with E-state index in [1.54, 1.807) is 17.3 Å². The second-order valence-corrected chi connectivity index (χ2v) is 5.62. The van der Waals surface area contributed by atoms with E-state index in [1.807, 2.05) is 6.92 Å². The summed E-state index contributed by atoms with van der Waals surface area (Å²) in [6.45, 7) is 3.53. The van der Waals surface area contributed by atoms with Crippen molar-refractivity contribution in [1.82, 2.24) is 9.88 Å². The lowest BCUT2D eigenvalue weighted by Gasteiger charge is -2.40. The van der Waals surface area contributed by atoms with E-state index >= 15 is 0 Å². The number of aryl methyl sites for hydroxylation is 1. The zero-order valence-corrected chi connectivity index (χ0v) is 12.2. The third-order valence-corrected chi connectivity index (χ3v) is 4.52. The fourth-order valence-corrected chi connectivity index (χ4v) is 2.98. The normalized spacial score (nSPS) is 16.6. The summed E-state index contributed by atoms with van der Waals surface area (Å²) in [5.74, 6) is -0.481. The van der Waals surface area contributed by atoms with Gasteiger partial charge in [-0.1, -0.05) is 0 Å². The van der Waals surface area contributed by atoms with Crippen molar-refractivity contribution in [3.05, 3.63) is 16.1 Å². The quantitative estimate of drug-likeness (QED) is 0.793. The molecule has 1 saturated carbocycles. The number of nitrogens with zero attached hydrogens (tertiary/aromatic N) is 2. The predicted octanol–water partition coefficient (Wildman–Crippen LogP) is 2.01. The van der Waals surface area contributed by atoms with Crippen LogP contribution in [0.2, 0.25) is 0 Å². The van der Waals surface area contributed by atoms with Gasteiger partial charge < -0.3 is 9.64 Å². The largest absolute Gasteiger partial charge is 0.467 e. The highest BCUT2D eigenvalue weighted by Crippen LogP contribution is 2.29. The van der Waals surface area contributed by atoms with Gasteiger partial charge in [-0.2, -0.15) is 0 Å². The maximum Gasteiger partial charge on any atom is 0.328 e. The Labute approximate surface area is 116 Å². The van der Waals surface area contributed by atoms with Crippen LogP contribution in [0, 0.1) is 6.92 Å². The van der Waals surface area contributed by atoms with Crippen LogP contribution in [0.25, 0.3) is 0 Å². The molecule has 104 valence electrons. The van der Waals surface area contributed by atoms with Crippen LogP contribution in [-0.2, 0) is 9.53 Å². The first-order valence-electron chi connectivity index (χ1n) is 6.36. The molecule has 0 saturated heterocycles. The van der Waals surface area contributed by atoms with Crippen LogP contribution in [0.1, 0.15) is 41.6 Å². The van der Waals surface area contributed by atoms with Crippen LogP contribution in [0.5, 0.6) is 0 Å². The van der Waals surface area contributed by atoms with Crippen LogP contribution < -0.4 is 0 Å². The van der Waals surface area contributed by atoms with Crippen LogP contribution in [0.4, 0.5) is 0 Å². The van der Waals surface area contributed by atoms with Crippen molar-refractivity contribution >= 4 is 23.2 Å². The molecule has 0 spiro atoms. The van der Waals surface area contributed by atoms with Gasteiger partial charge in [0.1, 0.15) is 10.9 Å². The van der Waals surface area contributed by atoms with Gasteiger partial charge in [0.15, 0.2) is 0 Å². The number of esters is 1. The molecule has 0 bridgehead atoms. The minimum atomic E-state index is -0.552. The summed E-state index contributed by atoms with van der Waals surface area (Å²) in [6.07, 6.45) is 3.00. The summed E-state index contributed by atoms with van der Waals surface area (Å²) < 4.78 is 4.76. The Morgan fingerprint density at radius 3 is 2.63 bits per heavy atom. The van der Waals surface area contributed by atoms with Crippen molar-refractivity contribution in [2.45, 2.75) is 45.2 Å². The molecule has 1 fully saturated rings. The topological polar surface area (TPSA) is 59.5 Å². The summed E-state index contributed by atoms with van der Waals surface area (Å²) in [7, 11) is 1.35. The Morgan fingerprint density at radius 2 is 2.21 bits per heavy atom. The molecule has 19 heavy (non-hydrogen) atoms. The van der Waals surface area contributed by atoms with Crippen LogP contribution in [0.3, 0.4) is 0 Å². The third kappa shape index (κ3) is 2.63. The smallest absolute Gasteiger partial charge is 0.328 e. The Hall–Kier alpha value is -1.43. The van der Waals surface area contributed by atoms with Gasteiger partial charge >= 0.3 is 5.97 Å². The highest BCUT2D eigenvalue weighted by molar-refractivity contribution is 7.11. The maximum atomic E-state index is 12.6. The molecule has 5 nitrogen and oxygen atoms in total. The van der Waals surface area contributed by atoms with Crippen molar-refractivity contribution in [3.63, 3.8) is 0 Å². The van der Waals surface area contributed by atoms with Crippen molar-refractivity contribution in [2.75, 3.05) is 7.11 Å². The van der Waals surface area contributed by atoms with Gasteiger partial charge in [-0.15, -0.1) is 11.3 Å². The first-order chi connectivity index (χ1) is 9.06. The molecular weight excluding hydrogens is 264 g/mol. The summed E-state index contributed by atoms with van der Waals surface area (Å²) in [6, 6.07) is -0.410. The molecule has 6 heteroatoms. The van der Waals surface area contributed by atoms with Crippen LogP contribution in [-0.4, -0.2) is 41.0 Å². The van der Waals surface area contributed by atoms with E-state index in [-0.39, 0.29) is 17.9 Å². The van der Waals surface area contributed by atoms with E-state index in [4.69, 9.17) is 4.74 Å². The number of thiazole rings is 1. The highest BCUT2D eigenvalue weighted by Gasteiger charge is 2.37. The zero-order chi connectivity index (χ0) is 14.0. The Kier molecular flexibility index (Phi) is 4.19. The number of hydrogen-bond donors (Lipinski definition) is 0. The Morgan fingerprint density at radius 1 is 1.53 bits per heavy atom. The number of amides is 1. The minimum absolute atomic E-state index is 0.109. The summed E-state index contributed by atoms with van der Waals surface area (Å²) in [4.78, 5) is 30.7. The average Bonchev–Trinajstić information content (AvgIpc) is 2.77. The van der Waals surface area contributed by atoms with E-state index in [1.165, 1.54) is 18.4 Å². The second-order valence-electron chi connectivity index (χ2n) is 4.76. The van der Waals surface area contributed by atoms with Crippen LogP contribution >= 0.6 is 11.3 Å². The lowest BCUT2D eigenvalue weighted by Crippen LogP contribution is -2.52. The van der Waals surface area contributed by atoms with E-state index in [2.05, 4.69) is 4.98 Å². The SMILES string of the molecule is COC(=O)[C@H](C)N(C(=O)c1scnc1C)C1CCC1. The van der Waals surface area contributed by atoms with Crippen molar-refractivity contribution in [2.24, 2.45) is 0 Å². The highest BCUT2D eigenvalue weighted by atomic mass is 32.1. The van der Waals surface area contributed by atoms with Crippen molar-refractivity contribution in [1.29, 1.82) is 0 Å². The molecule has 1 atom stereocenters. The fourth-order valence-electron chi connectivity index (χ4n) is 2.23. The van der Waals surface area contributed by atoms with E-state index in [9.17, 15) is 9.59 Å². The van der Waals surface area contributed by atoms with Gasteiger partial charge in [0, 0.05) is 6.04 Å². The molecule has 0 aliphatic heterocycles. The van der Waals surface area contributed by atoms with Gasteiger partial charge in [-0.3, -0.25) is 4.79 Å². The fraction of sp³-hybridized carbons (Fsp3) is 0.615. The van der Waals surface area contributed by atoms with E-state index < -0.39 is 6.04 Å². The van der Waals surface area contributed by atoms with Gasteiger partial charge in [-0.05, 0) is 33.1 Å². The molecule has 0 unspecified atom stereocenters. The van der Waals surface area contributed by atoms with Crippen molar-refractivity contribution in [3.8, 4) is 0 Å². The molecule has 0 N–H and O–H groups in total. The first-order valence-corrected chi connectivity index (χ1v) is 7.24. The Balaban J connectivity index is 2.25. The van der Waals surface area contributed by atoms with Gasteiger partial charge in [0.05, 0.1) is 18.3 Å². The second kappa shape index (κ2) is 5.69. The summed E-state index contributed by atoms with van der Waals surface area (Å²) in [5, 5.41) is 0. The number of aromatic nitrogens is 1. The van der Waals surface area contributed by atoms with E-state index in [0.717, 1.165) is 25.0 Å². The van der Waals surface area contributed by atoms with Gasteiger partial charge in [0.2, 0.25) is 0 Å². The molecule has 1 aromatic rings. The zero-order valence-electron chi connectivity index (χ0n) is 11.4. The Bertz CT molecular complexity index is 482. The molecule has 1 heterocycles. The number of ether oxygens (including phenoxy) is 1. The molecule has 0 aromatic carbocycles. The number of methoxy groups -OCH3 is 1. The summed E-state index contributed by atoms with van der Waals surface area (Å²) in [5.41, 5.74) is 2.38.